The highest BCUT2D eigenvalue weighted by atomic mass is 16.2. The maximum Gasteiger partial charge on any atom is 0.236 e. The minimum Gasteiger partial charge on any atom is -0.342 e. The van der Waals surface area contributed by atoms with Gasteiger partial charge in [-0.05, 0) is 51.0 Å². The van der Waals surface area contributed by atoms with E-state index in [0.717, 1.165) is 51.0 Å². The van der Waals surface area contributed by atoms with Gasteiger partial charge in [0.2, 0.25) is 5.91 Å². The lowest BCUT2D eigenvalue weighted by atomic mass is 9.87. The van der Waals surface area contributed by atoms with Crippen LogP contribution in [0.5, 0.6) is 0 Å². The summed E-state index contributed by atoms with van der Waals surface area (Å²) in [5, 5.41) is 0. The van der Waals surface area contributed by atoms with Crippen LogP contribution < -0.4 is 0 Å². The summed E-state index contributed by atoms with van der Waals surface area (Å²) in [4.78, 5) is 27.4. The first-order chi connectivity index (χ1) is 9.60. The summed E-state index contributed by atoms with van der Waals surface area (Å²) >= 11 is 0. The number of amides is 1. The summed E-state index contributed by atoms with van der Waals surface area (Å²) in [6.45, 7) is 4.48. The van der Waals surface area contributed by atoms with E-state index in [0.29, 0.717) is 12.6 Å². The van der Waals surface area contributed by atoms with Gasteiger partial charge in [0.1, 0.15) is 6.29 Å². The zero-order chi connectivity index (χ0) is 14.5. The molecule has 1 atom stereocenters. The van der Waals surface area contributed by atoms with Gasteiger partial charge in [-0.15, -0.1) is 0 Å². The fourth-order valence-electron chi connectivity index (χ4n) is 3.48. The number of aldehydes is 1. The van der Waals surface area contributed by atoms with E-state index in [1.165, 1.54) is 12.8 Å². The Hall–Kier alpha value is -0.900. The summed E-state index contributed by atoms with van der Waals surface area (Å²) in [5.74, 6) is 1.15. The number of carbonyl (C=O) groups excluding carboxylic acids is 2. The van der Waals surface area contributed by atoms with Crippen molar-refractivity contribution in [3.63, 3.8) is 0 Å². The van der Waals surface area contributed by atoms with Crippen molar-refractivity contribution in [2.45, 2.75) is 51.5 Å². The molecule has 4 nitrogen and oxygen atoms in total. The summed E-state index contributed by atoms with van der Waals surface area (Å²) in [7, 11) is 1.95. The minimum absolute atomic E-state index is 0.123. The number of likely N-dealkylation sites (N-methyl/N-ethyl adjacent to an activating group) is 1. The van der Waals surface area contributed by atoms with Crippen molar-refractivity contribution in [3.8, 4) is 0 Å². The van der Waals surface area contributed by atoms with Gasteiger partial charge >= 0.3 is 0 Å². The topological polar surface area (TPSA) is 40.6 Å². The molecule has 0 aromatic carbocycles. The SMILES string of the molecule is CC1CCC(N(C)C(=O)CN2CCCC(C=O)C2)CC1. The first-order valence-electron chi connectivity index (χ1n) is 8.03. The molecule has 0 radical (unpaired) electrons. The van der Waals surface area contributed by atoms with Gasteiger partial charge in [0.15, 0.2) is 0 Å². The van der Waals surface area contributed by atoms with Crippen molar-refractivity contribution in [1.82, 2.24) is 9.80 Å². The number of carbonyl (C=O) groups is 2. The predicted molar refractivity (Wildman–Crippen MR) is 79.4 cm³/mol. The zero-order valence-corrected chi connectivity index (χ0v) is 12.9. The van der Waals surface area contributed by atoms with Crippen molar-refractivity contribution >= 4 is 12.2 Å². The molecule has 2 aliphatic rings. The van der Waals surface area contributed by atoms with Crippen LogP contribution in [0.3, 0.4) is 0 Å². The molecule has 114 valence electrons. The first-order valence-corrected chi connectivity index (χ1v) is 8.03. The summed E-state index contributed by atoms with van der Waals surface area (Å²) in [5.41, 5.74) is 0. The third kappa shape index (κ3) is 4.05. The maximum absolute atomic E-state index is 12.4. The Labute approximate surface area is 122 Å². The average Bonchev–Trinajstić information content (AvgIpc) is 2.47. The van der Waals surface area contributed by atoms with Gasteiger partial charge in [-0.3, -0.25) is 9.69 Å². The molecule has 0 aromatic rings. The second kappa shape index (κ2) is 7.21. The predicted octanol–water partition coefficient (Wildman–Crippen LogP) is 1.93. The van der Waals surface area contributed by atoms with E-state index >= 15 is 0 Å². The molecule has 1 saturated heterocycles. The zero-order valence-electron chi connectivity index (χ0n) is 12.9. The molecule has 1 unspecified atom stereocenters. The lowest BCUT2D eigenvalue weighted by Crippen LogP contribution is -2.47. The molecule has 20 heavy (non-hydrogen) atoms. The number of rotatable bonds is 4. The van der Waals surface area contributed by atoms with Crippen LogP contribution in [0.4, 0.5) is 0 Å². The molecule has 0 aromatic heterocycles. The largest absolute Gasteiger partial charge is 0.342 e. The summed E-state index contributed by atoms with van der Waals surface area (Å²) in [6.07, 6.45) is 7.80. The standard InChI is InChI=1S/C16H28N2O2/c1-13-5-7-15(8-6-13)17(2)16(20)11-18-9-3-4-14(10-18)12-19/h12-15H,3-11H2,1-2H3. The van der Waals surface area contributed by atoms with Crippen LogP contribution in [-0.4, -0.2) is 54.7 Å². The number of hydrogen-bond acceptors (Lipinski definition) is 3. The van der Waals surface area contributed by atoms with Crippen LogP contribution >= 0.6 is 0 Å². The van der Waals surface area contributed by atoms with Crippen molar-refractivity contribution in [1.29, 1.82) is 0 Å². The average molecular weight is 280 g/mol. The van der Waals surface area contributed by atoms with Crippen LogP contribution in [-0.2, 0) is 9.59 Å². The van der Waals surface area contributed by atoms with Gasteiger partial charge < -0.3 is 9.69 Å². The highest BCUT2D eigenvalue weighted by molar-refractivity contribution is 5.78. The van der Waals surface area contributed by atoms with Crippen molar-refractivity contribution in [3.05, 3.63) is 0 Å². The Morgan fingerprint density at radius 2 is 1.95 bits per heavy atom. The molecule has 1 amide bonds. The van der Waals surface area contributed by atoms with E-state index in [-0.39, 0.29) is 11.8 Å². The highest BCUT2D eigenvalue weighted by Gasteiger charge is 2.27. The molecule has 0 N–H and O–H groups in total. The molecule has 1 saturated carbocycles. The van der Waals surface area contributed by atoms with Gasteiger partial charge in [0, 0.05) is 25.6 Å². The molecular formula is C16H28N2O2. The van der Waals surface area contributed by atoms with E-state index in [1.807, 2.05) is 11.9 Å². The Morgan fingerprint density at radius 3 is 2.60 bits per heavy atom. The summed E-state index contributed by atoms with van der Waals surface area (Å²) in [6, 6.07) is 0.422. The van der Waals surface area contributed by atoms with Crippen molar-refractivity contribution in [2.24, 2.45) is 11.8 Å². The molecule has 0 bridgehead atoms. The molecular weight excluding hydrogens is 252 g/mol. The fraction of sp³-hybridized carbons (Fsp3) is 0.875. The fourth-order valence-corrected chi connectivity index (χ4v) is 3.48. The lowest BCUT2D eigenvalue weighted by molar-refractivity contribution is -0.134. The van der Waals surface area contributed by atoms with E-state index in [9.17, 15) is 9.59 Å². The third-order valence-corrected chi connectivity index (χ3v) is 5.02. The summed E-state index contributed by atoms with van der Waals surface area (Å²) < 4.78 is 0. The van der Waals surface area contributed by atoms with Crippen LogP contribution in [0, 0.1) is 11.8 Å². The van der Waals surface area contributed by atoms with Crippen molar-refractivity contribution in [2.75, 3.05) is 26.7 Å². The number of piperidine rings is 1. The van der Waals surface area contributed by atoms with Crippen LogP contribution in [0.2, 0.25) is 0 Å². The quantitative estimate of drug-likeness (QED) is 0.739. The Bertz CT molecular complexity index is 337. The van der Waals surface area contributed by atoms with E-state index < -0.39 is 0 Å². The Morgan fingerprint density at radius 1 is 1.25 bits per heavy atom. The second-order valence-corrected chi connectivity index (χ2v) is 6.69. The van der Waals surface area contributed by atoms with Crippen molar-refractivity contribution < 1.29 is 9.59 Å². The number of hydrogen-bond donors (Lipinski definition) is 0. The van der Waals surface area contributed by atoms with Gasteiger partial charge in [0.25, 0.3) is 0 Å². The number of nitrogens with zero attached hydrogens (tertiary/aromatic N) is 2. The molecule has 2 rings (SSSR count). The Kier molecular flexibility index (Phi) is 5.58. The molecule has 2 fully saturated rings. The maximum atomic E-state index is 12.4. The highest BCUT2D eigenvalue weighted by Crippen LogP contribution is 2.26. The third-order valence-electron chi connectivity index (χ3n) is 5.02. The smallest absolute Gasteiger partial charge is 0.236 e. The minimum atomic E-state index is 0.123. The normalized spacial score (nSPS) is 31.8. The lowest BCUT2D eigenvalue weighted by Gasteiger charge is -2.36. The second-order valence-electron chi connectivity index (χ2n) is 6.69. The van der Waals surface area contributed by atoms with E-state index in [4.69, 9.17) is 0 Å². The van der Waals surface area contributed by atoms with Gasteiger partial charge in [-0.25, -0.2) is 0 Å². The van der Waals surface area contributed by atoms with Gasteiger partial charge in [0.05, 0.1) is 6.54 Å². The number of likely N-dealkylation sites (tertiary alicyclic amines) is 1. The first kappa shape index (κ1) is 15.5. The molecule has 4 heteroatoms. The Balaban J connectivity index is 1.80. The van der Waals surface area contributed by atoms with Crippen LogP contribution in [0.15, 0.2) is 0 Å². The van der Waals surface area contributed by atoms with Crippen LogP contribution in [0.1, 0.15) is 45.4 Å². The van der Waals surface area contributed by atoms with E-state index in [1.54, 1.807) is 0 Å². The molecule has 1 heterocycles. The molecule has 1 aliphatic heterocycles. The van der Waals surface area contributed by atoms with Gasteiger partial charge in [-0.2, -0.15) is 0 Å². The van der Waals surface area contributed by atoms with Gasteiger partial charge in [-0.1, -0.05) is 6.92 Å². The van der Waals surface area contributed by atoms with E-state index in [2.05, 4.69) is 11.8 Å². The molecule has 0 spiro atoms. The monoisotopic (exact) mass is 280 g/mol. The molecule has 1 aliphatic carbocycles. The van der Waals surface area contributed by atoms with Crippen LogP contribution in [0.25, 0.3) is 0 Å².